The van der Waals surface area contributed by atoms with Gasteiger partial charge in [-0.1, -0.05) is 12.1 Å². The predicted molar refractivity (Wildman–Crippen MR) is 98.2 cm³/mol. The zero-order chi connectivity index (χ0) is 17.2. The minimum absolute atomic E-state index is 0.283. The minimum Gasteiger partial charge on any atom is -0.462 e. The molecule has 0 unspecified atom stereocenters. The molecule has 0 saturated carbocycles. The van der Waals surface area contributed by atoms with E-state index in [2.05, 4.69) is 34.6 Å². The monoisotopic (exact) mass is 333 g/mol. The quantitative estimate of drug-likeness (QED) is 0.733. The number of carbonyl (C=O) groups excluding carboxylic acids is 1. The van der Waals surface area contributed by atoms with Crippen LogP contribution in [-0.4, -0.2) is 12.6 Å². The van der Waals surface area contributed by atoms with E-state index in [1.165, 1.54) is 28.8 Å². The Labute approximate surface area is 146 Å². The van der Waals surface area contributed by atoms with Gasteiger partial charge in [-0.15, -0.1) is 0 Å². The van der Waals surface area contributed by atoms with Crippen molar-refractivity contribution in [2.75, 3.05) is 11.9 Å². The molecule has 1 aromatic heterocycles. The Morgan fingerprint density at radius 3 is 2.72 bits per heavy atom. The summed E-state index contributed by atoms with van der Waals surface area (Å²) in [4.78, 5) is 15.4. The number of fused-ring (bicyclic) bond motifs is 2. The second-order valence-corrected chi connectivity index (χ2v) is 6.28. The van der Waals surface area contributed by atoms with Crippen molar-refractivity contribution in [1.29, 1.82) is 0 Å². The summed E-state index contributed by atoms with van der Waals surface area (Å²) in [5.41, 5.74) is 6.56. The average molecular weight is 333 g/mol. The molecule has 0 fully saturated rings. The number of ether oxygens (including phenoxy) is 1. The average Bonchev–Trinajstić information content (AvgIpc) is 3.10. The number of H-pyrrole nitrogens is 1. The molecule has 25 heavy (non-hydrogen) atoms. The van der Waals surface area contributed by atoms with Gasteiger partial charge < -0.3 is 10.1 Å². The number of para-hydroxylation sites is 1. The molecule has 0 bridgehead atoms. The molecular weight excluding hydrogens is 312 g/mol. The summed E-state index contributed by atoms with van der Waals surface area (Å²) in [7, 11) is 0. The first-order valence-corrected chi connectivity index (χ1v) is 8.76. The number of nitrogens with one attached hydrogen (secondary N) is 2. The van der Waals surface area contributed by atoms with E-state index in [0.29, 0.717) is 12.2 Å². The lowest BCUT2D eigenvalue weighted by molar-refractivity contribution is -0.356. The van der Waals surface area contributed by atoms with Crippen LogP contribution in [0.5, 0.6) is 0 Å². The number of aryl methyl sites for hydroxylation is 1. The Bertz CT molecular complexity index is 933. The predicted octanol–water partition coefficient (Wildman–Crippen LogP) is 4.06. The number of carbonyl (C=O) groups is 1. The van der Waals surface area contributed by atoms with Crippen LogP contribution in [0.3, 0.4) is 0 Å². The molecule has 4 heteroatoms. The van der Waals surface area contributed by atoms with Crippen molar-refractivity contribution in [2.24, 2.45) is 0 Å². The van der Waals surface area contributed by atoms with E-state index in [1.807, 2.05) is 19.1 Å². The van der Waals surface area contributed by atoms with Crippen LogP contribution in [0.1, 0.15) is 35.0 Å². The molecule has 0 amide bonds. The third kappa shape index (κ3) is 2.95. The SMILES string of the molecule is CCOC(=O)c1ccc(Nc2c3c([nH+]c4ccccc24)CCC3)cc1. The molecule has 1 aliphatic rings. The molecule has 4 rings (SSSR count). The smallest absolute Gasteiger partial charge is 0.338 e. The molecule has 2 N–H and O–H groups in total. The number of pyridine rings is 1. The van der Waals surface area contributed by atoms with E-state index < -0.39 is 0 Å². The fraction of sp³-hybridized carbons (Fsp3) is 0.238. The summed E-state index contributed by atoms with van der Waals surface area (Å²) >= 11 is 0. The number of rotatable bonds is 4. The lowest BCUT2D eigenvalue weighted by atomic mass is 10.1. The van der Waals surface area contributed by atoms with Crippen molar-refractivity contribution < 1.29 is 14.5 Å². The van der Waals surface area contributed by atoms with Crippen LogP contribution in [-0.2, 0) is 17.6 Å². The summed E-state index contributed by atoms with van der Waals surface area (Å²) < 4.78 is 5.04. The van der Waals surface area contributed by atoms with Crippen LogP contribution in [0.25, 0.3) is 10.9 Å². The molecule has 0 atom stereocenters. The highest BCUT2D eigenvalue weighted by Gasteiger charge is 2.24. The lowest BCUT2D eigenvalue weighted by Crippen LogP contribution is -2.14. The molecule has 2 aromatic carbocycles. The Morgan fingerprint density at radius 2 is 1.92 bits per heavy atom. The highest BCUT2D eigenvalue weighted by Crippen LogP contribution is 2.34. The van der Waals surface area contributed by atoms with Crippen molar-refractivity contribution in [3.8, 4) is 0 Å². The van der Waals surface area contributed by atoms with Gasteiger partial charge in [0.25, 0.3) is 0 Å². The molecule has 0 aliphatic heterocycles. The summed E-state index contributed by atoms with van der Waals surface area (Å²) in [6, 6.07) is 15.8. The number of hydrogen-bond donors (Lipinski definition) is 1. The van der Waals surface area contributed by atoms with Gasteiger partial charge in [0.2, 0.25) is 5.52 Å². The molecule has 126 valence electrons. The topological polar surface area (TPSA) is 52.5 Å². The molecule has 4 nitrogen and oxygen atoms in total. The minimum atomic E-state index is -0.283. The van der Waals surface area contributed by atoms with Gasteiger partial charge in [-0.25, -0.2) is 9.78 Å². The van der Waals surface area contributed by atoms with Crippen molar-refractivity contribution >= 4 is 28.2 Å². The summed E-state index contributed by atoms with van der Waals surface area (Å²) in [5, 5.41) is 4.77. The van der Waals surface area contributed by atoms with Gasteiger partial charge in [0.15, 0.2) is 5.69 Å². The van der Waals surface area contributed by atoms with Crippen LogP contribution in [0, 0.1) is 0 Å². The Kier molecular flexibility index (Phi) is 4.10. The molecule has 0 spiro atoms. The van der Waals surface area contributed by atoms with Crippen molar-refractivity contribution in [1.82, 2.24) is 0 Å². The van der Waals surface area contributed by atoms with E-state index in [0.717, 1.165) is 24.0 Å². The van der Waals surface area contributed by atoms with Gasteiger partial charge in [0.05, 0.1) is 23.2 Å². The molecule has 0 radical (unpaired) electrons. The molecule has 1 heterocycles. The van der Waals surface area contributed by atoms with Crippen LogP contribution >= 0.6 is 0 Å². The largest absolute Gasteiger partial charge is 0.462 e. The van der Waals surface area contributed by atoms with Crippen LogP contribution < -0.4 is 10.3 Å². The van der Waals surface area contributed by atoms with Crippen molar-refractivity contribution in [3.63, 3.8) is 0 Å². The third-order valence-electron chi connectivity index (χ3n) is 4.67. The fourth-order valence-corrected chi connectivity index (χ4v) is 3.48. The van der Waals surface area contributed by atoms with Gasteiger partial charge in [-0.2, -0.15) is 0 Å². The summed E-state index contributed by atoms with van der Waals surface area (Å²) in [6.07, 6.45) is 3.36. The first-order valence-electron chi connectivity index (χ1n) is 8.76. The number of anilines is 2. The van der Waals surface area contributed by atoms with E-state index in [-0.39, 0.29) is 5.97 Å². The Morgan fingerprint density at radius 1 is 1.12 bits per heavy atom. The number of benzene rings is 2. The third-order valence-corrected chi connectivity index (χ3v) is 4.67. The maximum absolute atomic E-state index is 11.8. The van der Waals surface area contributed by atoms with E-state index in [9.17, 15) is 4.79 Å². The first kappa shape index (κ1) is 15.6. The summed E-state index contributed by atoms with van der Waals surface area (Å²) in [6.45, 7) is 2.20. The van der Waals surface area contributed by atoms with Gasteiger partial charge in [0, 0.05) is 23.7 Å². The fourth-order valence-electron chi connectivity index (χ4n) is 3.48. The van der Waals surface area contributed by atoms with E-state index >= 15 is 0 Å². The van der Waals surface area contributed by atoms with E-state index in [4.69, 9.17) is 4.74 Å². The zero-order valence-corrected chi connectivity index (χ0v) is 14.3. The van der Waals surface area contributed by atoms with Gasteiger partial charge >= 0.3 is 5.97 Å². The van der Waals surface area contributed by atoms with Crippen molar-refractivity contribution in [3.05, 3.63) is 65.4 Å². The number of aromatic nitrogens is 1. The maximum atomic E-state index is 11.8. The normalized spacial score (nSPS) is 12.8. The van der Waals surface area contributed by atoms with Gasteiger partial charge in [0.1, 0.15) is 0 Å². The van der Waals surface area contributed by atoms with Crippen molar-refractivity contribution in [2.45, 2.75) is 26.2 Å². The highest BCUT2D eigenvalue weighted by molar-refractivity contribution is 5.94. The molecule has 0 saturated heterocycles. The first-order chi connectivity index (χ1) is 12.3. The van der Waals surface area contributed by atoms with Gasteiger partial charge in [-0.3, -0.25) is 0 Å². The van der Waals surface area contributed by atoms with E-state index in [1.54, 1.807) is 12.1 Å². The zero-order valence-electron chi connectivity index (χ0n) is 14.3. The second-order valence-electron chi connectivity index (χ2n) is 6.28. The Hall–Kier alpha value is -2.88. The van der Waals surface area contributed by atoms with Crippen LogP contribution in [0.15, 0.2) is 48.5 Å². The highest BCUT2D eigenvalue weighted by atomic mass is 16.5. The number of aromatic amines is 1. The second kappa shape index (κ2) is 6.55. The van der Waals surface area contributed by atoms with Crippen LogP contribution in [0.4, 0.5) is 11.4 Å². The standard InChI is InChI=1S/C21H20N2O2/c1-2-25-21(24)14-10-12-15(13-11-14)22-20-16-6-3-4-8-18(16)23-19-9-5-7-17(19)20/h3-4,6,8,10-13H,2,5,7,9H2,1H3,(H,22,23)/p+1. The number of esters is 1. The van der Waals surface area contributed by atoms with Gasteiger partial charge in [-0.05, 0) is 50.1 Å². The number of hydrogen-bond acceptors (Lipinski definition) is 3. The molecule has 1 aliphatic carbocycles. The van der Waals surface area contributed by atoms with Crippen LogP contribution in [0.2, 0.25) is 0 Å². The lowest BCUT2D eigenvalue weighted by Gasteiger charge is -2.12. The molecular formula is C21H21N2O2+. The summed E-state index contributed by atoms with van der Waals surface area (Å²) in [5.74, 6) is -0.283. The maximum Gasteiger partial charge on any atom is 0.338 e. The Balaban J connectivity index is 1.70. The molecule has 3 aromatic rings.